The summed E-state index contributed by atoms with van der Waals surface area (Å²) in [6, 6.07) is 0. The Morgan fingerprint density at radius 1 is 1.23 bits per heavy atom. The zero-order valence-corrected chi connectivity index (χ0v) is 17.1. The third-order valence-electron chi connectivity index (χ3n) is 7.35. The van der Waals surface area contributed by atoms with Gasteiger partial charge in [-0.1, -0.05) is 6.58 Å². The van der Waals surface area contributed by atoms with Crippen molar-refractivity contribution in [2.24, 2.45) is 17.8 Å². The van der Waals surface area contributed by atoms with Gasteiger partial charge in [-0.15, -0.1) is 0 Å². The minimum Gasteiger partial charge on any atom is -0.466 e. The van der Waals surface area contributed by atoms with E-state index in [-0.39, 0.29) is 17.8 Å². The summed E-state index contributed by atoms with van der Waals surface area (Å²) in [5.41, 5.74) is 0.174. The average molecular weight is 426 g/mol. The van der Waals surface area contributed by atoms with Crippen LogP contribution in [0, 0.1) is 17.8 Å². The van der Waals surface area contributed by atoms with Gasteiger partial charge in [-0.05, 0) is 32.3 Å². The number of carbonyl (C=O) groups is 1. The normalized spacial score (nSPS) is 48.8. The van der Waals surface area contributed by atoms with E-state index in [1.54, 1.807) is 6.92 Å². The van der Waals surface area contributed by atoms with Crippen molar-refractivity contribution in [2.75, 3.05) is 6.61 Å². The second kappa shape index (κ2) is 7.58. The maximum atomic E-state index is 12.1. The van der Waals surface area contributed by atoms with E-state index >= 15 is 0 Å². The summed E-state index contributed by atoms with van der Waals surface area (Å²) < 4.78 is 17.0. The van der Waals surface area contributed by atoms with Gasteiger partial charge >= 0.3 is 5.97 Å². The second-order valence-electron chi connectivity index (χ2n) is 9.16. The molecule has 0 aromatic rings. The Morgan fingerprint density at radius 2 is 1.93 bits per heavy atom. The minimum atomic E-state index is -1.54. The van der Waals surface area contributed by atoms with Gasteiger partial charge in [0.15, 0.2) is 0 Å². The third kappa shape index (κ3) is 3.28. The van der Waals surface area contributed by atoms with E-state index < -0.39 is 55.0 Å². The quantitative estimate of drug-likeness (QED) is 0.294. The van der Waals surface area contributed by atoms with Gasteiger partial charge in [-0.3, -0.25) is 0 Å². The van der Waals surface area contributed by atoms with Crippen molar-refractivity contribution in [3.05, 3.63) is 23.5 Å². The molecule has 0 amide bonds. The summed E-state index contributed by atoms with van der Waals surface area (Å²) in [5, 5.41) is 50.8. The summed E-state index contributed by atoms with van der Waals surface area (Å²) in [4.78, 5) is 12.1. The predicted molar refractivity (Wildman–Crippen MR) is 102 cm³/mol. The molecule has 2 saturated heterocycles. The molecule has 9 nitrogen and oxygen atoms in total. The van der Waals surface area contributed by atoms with Crippen LogP contribution < -0.4 is 0 Å². The van der Waals surface area contributed by atoms with Crippen LogP contribution in [0.4, 0.5) is 0 Å². The predicted octanol–water partition coefficient (Wildman–Crippen LogP) is -0.644. The number of rotatable bonds is 3. The van der Waals surface area contributed by atoms with E-state index in [1.165, 1.54) is 0 Å². The van der Waals surface area contributed by atoms with Gasteiger partial charge < -0.3 is 39.7 Å². The molecule has 2 aliphatic carbocycles. The lowest BCUT2D eigenvalue weighted by Crippen LogP contribution is -2.59. The number of carbonyl (C=O) groups excluding carboxylic acids is 1. The van der Waals surface area contributed by atoms with Crippen LogP contribution in [-0.2, 0) is 19.0 Å². The molecule has 10 unspecified atom stereocenters. The Kier molecular flexibility index (Phi) is 5.49. The fourth-order valence-corrected chi connectivity index (χ4v) is 5.43. The molecule has 30 heavy (non-hydrogen) atoms. The van der Waals surface area contributed by atoms with Gasteiger partial charge in [0.2, 0.25) is 6.29 Å². The van der Waals surface area contributed by atoms with Crippen molar-refractivity contribution in [1.29, 1.82) is 0 Å². The standard InChI is InChI=1S/C21H30O9/c1-8-10-4-5-21(3,27)11-6-12(9(2)14(11)18(10)30-19(8)26)28-20-17(25)16(24)15(23)13(7-22)29-20/h10-11,13-18,20,22-25,27H,1,4-7H2,2-3H3. The molecule has 0 radical (unpaired) electrons. The van der Waals surface area contributed by atoms with Crippen LogP contribution in [0.15, 0.2) is 23.5 Å². The molecule has 4 aliphatic rings. The largest absolute Gasteiger partial charge is 0.466 e. The zero-order valence-electron chi connectivity index (χ0n) is 17.1. The Hall–Kier alpha value is -1.49. The Labute approximate surface area is 174 Å². The number of ether oxygens (including phenoxy) is 3. The van der Waals surface area contributed by atoms with Crippen molar-refractivity contribution < 1.29 is 44.5 Å². The first-order valence-corrected chi connectivity index (χ1v) is 10.4. The molecule has 5 N–H and O–H groups in total. The van der Waals surface area contributed by atoms with Gasteiger partial charge in [0, 0.05) is 29.7 Å². The van der Waals surface area contributed by atoms with Gasteiger partial charge in [0.05, 0.1) is 18.0 Å². The van der Waals surface area contributed by atoms with Crippen molar-refractivity contribution in [3.8, 4) is 0 Å². The van der Waals surface area contributed by atoms with Crippen LogP contribution in [-0.4, -0.2) is 80.5 Å². The van der Waals surface area contributed by atoms with Crippen LogP contribution in [0.2, 0.25) is 0 Å². The molecule has 1 saturated carbocycles. The first-order valence-electron chi connectivity index (χ1n) is 10.4. The summed E-state index contributed by atoms with van der Waals surface area (Å²) in [6.45, 7) is 6.92. The second-order valence-corrected chi connectivity index (χ2v) is 9.16. The van der Waals surface area contributed by atoms with Crippen LogP contribution in [0.25, 0.3) is 0 Å². The molecule has 0 spiro atoms. The number of fused-ring (bicyclic) bond motifs is 3. The Balaban J connectivity index is 1.62. The van der Waals surface area contributed by atoms with E-state index in [9.17, 15) is 30.3 Å². The van der Waals surface area contributed by atoms with Crippen molar-refractivity contribution in [3.63, 3.8) is 0 Å². The number of aliphatic hydroxyl groups is 5. The molecule has 9 heteroatoms. The summed E-state index contributed by atoms with van der Waals surface area (Å²) in [5.74, 6) is -0.674. The van der Waals surface area contributed by atoms with Crippen LogP contribution in [0.5, 0.6) is 0 Å². The molecule has 2 heterocycles. The van der Waals surface area contributed by atoms with Gasteiger partial charge in [-0.2, -0.15) is 0 Å². The summed E-state index contributed by atoms with van der Waals surface area (Å²) in [7, 11) is 0. The van der Waals surface area contributed by atoms with Crippen LogP contribution in [0.1, 0.15) is 33.1 Å². The molecule has 0 aromatic heterocycles. The summed E-state index contributed by atoms with van der Waals surface area (Å²) in [6.07, 6.45) is -5.93. The Morgan fingerprint density at radius 3 is 2.60 bits per heavy atom. The number of allylic oxidation sites excluding steroid dienone is 1. The molecule has 168 valence electrons. The van der Waals surface area contributed by atoms with E-state index in [0.717, 1.165) is 5.57 Å². The Bertz CT molecular complexity index is 758. The number of hydrogen-bond acceptors (Lipinski definition) is 9. The molecule has 10 atom stereocenters. The molecule has 0 aromatic carbocycles. The average Bonchev–Trinajstić information content (AvgIpc) is 3.13. The highest BCUT2D eigenvalue weighted by molar-refractivity contribution is 5.91. The van der Waals surface area contributed by atoms with Crippen molar-refractivity contribution in [1.82, 2.24) is 0 Å². The molecule has 4 rings (SSSR count). The smallest absolute Gasteiger partial charge is 0.334 e. The molecule has 3 fully saturated rings. The third-order valence-corrected chi connectivity index (χ3v) is 7.35. The van der Waals surface area contributed by atoms with Gasteiger partial charge in [-0.25, -0.2) is 4.79 Å². The highest BCUT2D eigenvalue weighted by Gasteiger charge is 2.57. The van der Waals surface area contributed by atoms with E-state index in [2.05, 4.69) is 6.58 Å². The first-order chi connectivity index (χ1) is 14.1. The minimum absolute atomic E-state index is 0.180. The molecular weight excluding hydrogens is 396 g/mol. The van der Waals surface area contributed by atoms with Gasteiger partial charge in [0.1, 0.15) is 30.5 Å². The monoisotopic (exact) mass is 426 g/mol. The van der Waals surface area contributed by atoms with E-state index in [0.29, 0.717) is 30.6 Å². The van der Waals surface area contributed by atoms with Crippen LogP contribution in [0.3, 0.4) is 0 Å². The number of aliphatic hydroxyl groups excluding tert-OH is 4. The lowest BCUT2D eigenvalue weighted by Gasteiger charge is -2.40. The fraction of sp³-hybridized carbons (Fsp3) is 0.762. The lowest BCUT2D eigenvalue weighted by molar-refractivity contribution is -0.292. The van der Waals surface area contributed by atoms with Gasteiger partial charge in [0.25, 0.3) is 0 Å². The van der Waals surface area contributed by atoms with E-state index in [1.807, 2.05) is 6.92 Å². The topological polar surface area (TPSA) is 146 Å². The maximum Gasteiger partial charge on any atom is 0.334 e. The maximum absolute atomic E-state index is 12.1. The fourth-order valence-electron chi connectivity index (χ4n) is 5.43. The molecule has 2 aliphatic heterocycles. The number of hydrogen-bond donors (Lipinski definition) is 5. The zero-order chi connectivity index (χ0) is 22.0. The van der Waals surface area contributed by atoms with Crippen molar-refractivity contribution >= 4 is 5.97 Å². The highest BCUT2D eigenvalue weighted by atomic mass is 16.7. The van der Waals surface area contributed by atoms with E-state index in [4.69, 9.17) is 14.2 Å². The highest BCUT2D eigenvalue weighted by Crippen LogP contribution is 2.54. The summed E-state index contributed by atoms with van der Waals surface area (Å²) >= 11 is 0. The molecule has 0 bridgehead atoms. The number of esters is 1. The van der Waals surface area contributed by atoms with Crippen LogP contribution >= 0.6 is 0 Å². The first kappa shape index (κ1) is 21.7. The SMILES string of the molecule is C=C1C(=O)OC2C1CCC(C)(O)C1CC(OC3OC(CO)C(O)C(O)C3O)=C(C)C21. The molecular formula is C21H30O9. The van der Waals surface area contributed by atoms with Crippen molar-refractivity contribution in [2.45, 2.75) is 75.5 Å². The lowest BCUT2D eigenvalue weighted by atomic mass is 9.76.